The zero-order chi connectivity index (χ0) is 14.6. The van der Waals surface area contributed by atoms with Crippen LogP contribution in [0.25, 0.3) is 0 Å². The van der Waals surface area contributed by atoms with Gasteiger partial charge in [0, 0.05) is 18.8 Å². The Hall–Kier alpha value is -1.11. The predicted molar refractivity (Wildman–Crippen MR) is 81.1 cm³/mol. The molecule has 1 heterocycles. The molecule has 0 saturated carbocycles. The minimum absolute atomic E-state index is 0.146. The van der Waals surface area contributed by atoms with Gasteiger partial charge in [-0.05, 0) is 56.1 Å². The van der Waals surface area contributed by atoms with E-state index in [-0.39, 0.29) is 4.90 Å². The van der Waals surface area contributed by atoms with Crippen LogP contribution in [-0.4, -0.2) is 39.5 Å². The highest BCUT2D eigenvalue weighted by atomic mass is 32.2. The second kappa shape index (κ2) is 6.56. The number of sulfonamides is 1. The van der Waals surface area contributed by atoms with Crippen LogP contribution in [0.1, 0.15) is 19.8 Å². The van der Waals surface area contributed by atoms with Gasteiger partial charge < -0.3 is 10.2 Å². The van der Waals surface area contributed by atoms with E-state index in [0.717, 1.165) is 24.7 Å². The van der Waals surface area contributed by atoms with E-state index in [1.165, 1.54) is 38.1 Å². The van der Waals surface area contributed by atoms with E-state index in [2.05, 4.69) is 17.1 Å². The fourth-order valence-corrected chi connectivity index (χ4v) is 2.92. The molecule has 0 radical (unpaired) electrons. The van der Waals surface area contributed by atoms with Gasteiger partial charge in [-0.2, -0.15) is 0 Å². The van der Waals surface area contributed by atoms with Crippen molar-refractivity contribution < 1.29 is 8.42 Å². The third kappa shape index (κ3) is 4.47. The Morgan fingerprint density at radius 2 is 1.85 bits per heavy atom. The topological polar surface area (TPSA) is 75.4 Å². The monoisotopic (exact) mass is 297 g/mol. The first kappa shape index (κ1) is 15.3. The molecule has 1 aromatic rings. The number of hydrogen-bond donors (Lipinski definition) is 2. The Kier molecular flexibility index (Phi) is 5.01. The van der Waals surface area contributed by atoms with Gasteiger partial charge in [0.2, 0.25) is 10.0 Å². The first-order valence-corrected chi connectivity index (χ1v) is 8.59. The predicted octanol–water partition coefficient (Wildman–Crippen LogP) is 1.48. The molecule has 0 atom stereocenters. The molecule has 1 aliphatic heterocycles. The summed E-state index contributed by atoms with van der Waals surface area (Å²) < 4.78 is 22.3. The molecule has 2 rings (SSSR count). The van der Waals surface area contributed by atoms with Crippen molar-refractivity contribution in [1.29, 1.82) is 0 Å². The van der Waals surface area contributed by atoms with Gasteiger partial charge in [-0.25, -0.2) is 13.6 Å². The number of nitrogens with two attached hydrogens (primary N) is 1. The molecule has 1 saturated heterocycles. The van der Waals surface area contributed by atoms with Gasteiger partial charge >= 0.3 is 0 Å². The first-order valence-electron chi connectivity index (χ1n) is 7.04. The Morgan fingerprint density at radius 3 is 2.40 bits per heavy atom. The molecule has 0 amide bonds. The zero-order valence-electron chi connectivity index (χ0n) is 11.9. The molecule has 1 aliphatic rings. The number of rotatable bonds is 5. The van der Waals surface area contributed by atoms with Crippen LogP contribution < -0.4 is 10.5 Å². The number of benzene rings is 1. The molecule has 1 fully saturated rings. The number of hydrogen-bond acceptors (Lipinski definition) is 4. The standard InChI is InChI=1S/C14H23N3O2S/c1-12-6-9-17(10-7-12)11-8-16-13-2-4-14(5-3-13)20(15,18)19/h2-5,12,16H,6-11H2,1H3,(H2,15,18,19). The Balaban J connectivity index is 1.77. The normalized spacial score (nSPS) is 18.1. The summed E-state index contributed by atoms with van der Waals surface area (Å²) in [5.41, 5.74) is 0.919. The van der Waals surface area contributed by atoms with Crippen LogP contribution in [-0.2, 0) is 10.0 Å². The molecule has 0 aliphatic carbocycles. The second-order valence-corrected chi connectivity index (χ2v) is 7.08. The number of nitrogens with one attached hydrogen (secondary N) is 1. The third-order valence-corrected chi connectivity index (χ3v) is 4.75. The van der Waals surface area contributed by atoms with Gasteiger partial charge in [0.15, 0.2) is 0 Å². The highest BCUT2D eigenvalue weighted by molar-refractivity contribution is 7.89. The smallest absolute Gasteiger partial charge is 0.238 e. The highest BCUT2D eigenvalue weighted by Gasteiger charge is 2.14. The molecular weight excluding hydrogens is 274 g/mol. The maximum atomic E-state index is 11.1. The Labute approximate surface area is 121 Å². The molecule has 0 aromatic heterocycles. The number of primary sulfonamides is 1. The molecule has 0 bridgehead atoms. The summed E-state index contributed by atoms with van der Waals surface area (Å²) >= 11 is 0. The summed E-state index contributed by atoms with van der Waals surface area (Å²) in [4.78, 5) is 2.61. The Bertz CT molecular complexity index is 520. The molecule has 0 unspecified atom stereocenters. The van der Waals surface area contributed by atoms with E-state index < -0.39 is 10.0 Å². The van der Waals surface area contributed by atoms with Crippen molar-refractivity contribution in [2.45, 2.75) is 24.7 Å². The third-order valence-electron chi connectivity index (χ3n) is 3.82. The summed E-state index contributed by atoms with van der Waals surface area (Å²) in [5.74, 6) is 0.852. The molecule has 0 spiro atoms. The van der Waals surface area contributed by atoms with Crippen LogP contribution in [0.4, 0.5) is 5.69 Å². The first-order chi connectivity index (χ1) is 9.45. The summed E-state index contributed by atoms with van der Waals surface area (Å²) in [7, 11) is -3.60. The van der Waals surface area contributed by atoms with Crippen molar-refractivity contribution in [2.75, 3.05) is 31.5 Å². The molecule has 1 aromatic carbocycles. The van der Waals surface area contributed by atoms with E-state index in [4.69, 9.17) is 5.14 Å². The minimum atomic E-state index is -3.60. The lowest BCUT2D eigenvalue weighted by Gasteiger charge is -2.30. The fraction of sp³-hybridized carbons (Fsp3) is 0.571. The summed E-state index contributed by atoms with van der Waals surface area (Å²) in [6.07, 6.45) is 2.56. The maximum Gasteiger partial charge on any atom is 0.238 e. The lowest BCUT2D eigenvalue weighted by atomic mass is 9.99. The quantitative estimate of drug-likeness (QED) is 0.863. The van der Waals surface area contributed by atoms with Gasteiger partial charge in [0.05, 0.1) is 4.90 Å². The SMILES string of the molecule is CC1CCN(CCNc2ccc(S(N)(=O)=O)cc2)CC1. The van der Waals surface area contributed by atoms with Gasteiger partial charge in [0.1, 0.15) is 0 Å². The number of piperidine rings is 1. The van der Waals surface area contributed by atoms with Crippen LogP contribution in [0.2, 0.25) is 0 Å². The summed E-state index contributed by atoms with van der Waals surface area (Å²) in [6, 6.07) is 6.55. The van der Waals surface area contributed by atoms with Gasteiger partial charge in [-0.15, -0.1) is 0 Å². The van der Waals surface area contributed by atoms with E-state index in [9.17, 15) is 8.42 Å². The molecule has 3 N–H and O–H groups in total. The van der Waals surface area contributed by atoms with Crippen LogP contribution in [0.5, 0.6) is 0 Å². The summed E-state index contributed by atoms with van der Waals surface area (Å²) in [6.45, 7) is 6.54. The van der Waals surface area contributed by atoms with Gasteiger partial charge in [0.25, 0.3) is 0 Å². The lowest BCUT2D eigenvalue weighted by Crippen LogP contribution is -2.36. The fourth-order valence-electron chi connectivity index (χ4n) is 2.41. The highest BCUT2D eigenvalue weighted by Crippen LogP contribution is 2.16. The lowest BCUT2D eigenvalue weighted by molar-refractivity contribution is 0.199. The van der Waals surface area contributed by atoms with Crippen LogP contribution in [0, 0.1) is 5.92 Å². The van der Waals surface area contributed by atoms with Crippen molar-refractivity contribution in [1.82, 2.24) is 4.90 Å². The van der Waals surface area contributed by atoms with Crippen molar-refractivity contribution in [3.05, 3.63) is 24.3 Å². The van der Waals surface area contributed by atoms with Gasteiger partial charge in [-0.3, -0.25) is 0 Å². The molecule has 5 nitrogen and oxygen atoms in total. The molecule has 20 heavy (non-hydrogen) atoms. The number of anilines is 1. The van der Waals surface area contributed by atoms with Crippen LogP contribution in [0.3, 0.4) is 0 Å². The molecular formula is C14H23N3O2S. The van der Waals surface area contributed by atoms with Crippen LogP contribution in [0.15, 0.2) is 29.2 Å². The second-order valence-electron chi connectivity index (χ2n) is 5.52. The average molecular weight is 297 g/mol. The van der Waals surface area contributed by atoms with Crippen molar-refractivity contribution >= 4 is 15.7 Å². The zero-order valence-corrected chi connectivity index (χ0v) is 12.7. The maximum absolute atomic E-state index is 11.1. The van der Waals surface area contributed by atoms with E-state index >= 15 is 0 Å². The number of likely N-dealkylation sites (tertiary alicyclic amines) is 1. The molecule has 6 heteroatoms. The summed E-state index contributed by atoms with van der Waals surface area (Å²) in [5, 5.41) is 8.37. The minimum Gasteiger partial charge on any atom is -0.384 e. The van der Waals surface area contributed by atoms with E-state index in [1.54, 1.807) is 12.1 Å². The largest absolute Gasteiger partial charge is 0.384 e. The van der Waals surface area contributed by atoms with Crippen molar-refractivity contribution in [3.8, 4) is 0 Å². The van der Waals surface area contributed by atoms with Gasteiger partial charge in [-0.1, -0.05) is 6.92 Å². The number of nitrogens with zero attached hydrogens (tertiary/aromatic N) is 1. The van der Waals surface area contributed by atoms with E-state index in [1.807, 2.05) is 0 Å². The van der Waals surface area contributed by atoms with Crippen LogP contribution >= 0.6 is 0 Å². The Morgan fingerprint density at radius 1 is 1.25 bits per heavy atom. The molecule has 112 valence electrons. The van der Waals surface area contributed by atoms with Crippen molar-refractivity contribution in [3.63, 3.8) is 0 Å². The van der Waals surface area contributed by atoms with Crippen molar-refractivity contribution in [2.24, 2.45) is 11.1 Å². The average Bonchev–Trinajstić information content (AvgIpc) is 2.41. The van der Waals surface area contributed by atoms with E-state index in [0.29, 0.717) is 0 Å².